The van der Waals surface area contributed by atoms with E-state index in [-0.39, 0.29) is 5.91 Å². The Labute approximate surface area is 46.1 Å². The molecule has 1 rings (SSSR count). The van der Waals surface area contributed by atoms with Crippen molar-refractivity contribution in [2.75, 3.05) is 0 Å². The summed E-state index contributed by atoms with van der Waals surface area (Å²) in [7, 11) is 0. The van der Waals surface area contributed by atoms with Gasteiger partial charge in [0.2, 0.25) is 0 Å². The number of nitrogens with two attached hydrogens (primary N) is 1. The lowest BCUT2D eigenvalue weighted by Gasteiger charge is -2.00. The molecule has 0 saturated heterocycles. The van der Waals surface area contributed by atoms with E-state index in [1.807, 2.05) is 0 Å². The van der Waals surface area contributed by atoms with Gasteiger partial charge in [0, 0.05) is 12.4 Å². The normalized spacial score (nSPS) is 26.6. The highest BCUT2D eigenvalue weighted by Gasteiger charge is 2.09. The third-order valence-corrected chi connectivity index (χ3v) is 0.768. The molecule has 0 spiro atoms. The first-order chi connectivity index (χ1) is 3.80. The zero-order valence-electron chi connectivity index (χ0n) is 4.11. The first kappa shape index (κ1) is 5.11. The molecule has 1 aliphatic rings. The minimum atomic E-state index is -0.764. The number of hydrogen-bond acceptors (Lipinski definition) is 3. The van der Waals surface area contributed by atoms with E-state index in [0.717, 1.165) is 0 Å². The predicted molar refractivity (Wildman–Crippen MR) is 30.0 cm³/mol. The van der Waals surface area contributed by atoms with Crippen molar-refractivity contribution >= 4 is 18.3 Å². The molecule has 0 aromatic heterocycles. The Morgan fingerprint density at radius 3 is 2.75 bits per heavy atom. The van der Waals surface area contributed by atoms with Crippen LogP contribution in [0.1, 0.15) is 0 Å². The fourth-order valence-corrected chi connectivity index (χ4v) is 0.378. The molecule has 0 bridgehead atoms. The minimum absolute atomic E-state index is 0.382. The first-order valence-electron chi connectivity index (χ1n) is 2.16. The SMILES string of the molecule is N[C@H]1N=CC=NC1=O. The number of aliphatic imine (C=N–C) groups is 2. The Hall–Kier alpha value is -1.03. The summed E-state index contributed by atoms with van der Waals surface area (Å²) in [5.41, 5.74) is 5.12. The summed E-state index contributed by atoms with van der Waals surface area (Å²) >= 11 is 0. The number of hydrogen-bond donors (Lipinski definition) is 1. The largest absolute Gasteiger partial charge is 0.302 e. The molecule has 1 aliphatic heterocycles. The van der Waals surface area contributed by atoms with Gasteiger partial charge in [-0.15, -0.1) is 0 Å². The molecule has 0 unspecified atom stereocenters. The zero-order valence-corrected chi connectivity index (χ0v) is 4.11. The fourth-order valence-electron chi connectivity index (χ4n) is 0.378. The fraction of sp³-hybridized carbons (Fsp3) is 0.250. The van der Waals surface area contributed by atoms with E-state index in [4.69, 9.17) is 5.73 Å². The molecule has 1 heterocycles. The summed E-state index contributed by atoms with van der Waals surface area (Å²) in [6.07, 6.45) is 1.97. The summed E-state index contributed by atoms with van der Waals surface area (Å²) in [6.45, 7) is 0. The molecule has 2 N–H and O–H groups in total. The van der Waals surface area contributed by atoms with Crippen LogP contribution >= 0.6 is 0 Å². The molecule has 0 saturated carbocycles. The van der Waals surface area contributed by atoms with Crippen molar-refractivity contribution < 1.29 is 4.79 Å². The molecule has 0 fully saturated rings. The highest BCUT2D eigenvalue weighted by atomic mass is 16.2. The number of carbonyl (C=O) groups is 1. The Bertz CT molecular complexity index is 161. The Morgan fingerprint density at radius 2 is 2.38 bits per heavy atom. The van der Waals surface area contributed by atoms with Gasteiger partial charge in [-0.1, -0.05) is 0 Å². The molecule has 1 amide bonds. The number of amides is 1. The molecule has 0 radical (unpaired) electrons. The van der Waals surface area contributed by atoms with Crippen molar-refractivity contribution in [1.82, 2.24) is 0 Å². The van der Waals surface area contributed by atoms with Gasteiger partial charge >= 0.3 is 0 Å². The Kier molecular flexibility index (Phi) is 1.17. The smallest absolute Gasteiger partial charge is 0.284 e. The standard InChI is InChI=1S/C4H5N3O/c5-3-4(8)7-2-1-6-3/h1-3H,5H2/t3-/m0/s1. The average Bonchev–Trinajstić information content (AvgIpc) is 1.77. The van der Waals surface area contributed by atoms with Gasteiger partial charge in [0.25, 0.3) is 5.91 Å². The third-order valence-electron chi connectivity index (χ3n) is 0.768. The van der Waals surface area contributed by atoms with Crippen molar-refractivity contribution in [1.29, 1.82) is 0 Å². The topological polar surface area (TPSA) is 67.8 Å². The van der Waals surface area contributed by atoms with Gasteiger partial charge in [-0.25, -0.2) is 4.99 Å². The molecule has 1 atom stereocenters. The first-order valence-corrected chi connectivity index (χ1v) is 2.16. The highest BCUT2D eigenvalue weighted by Crippen LogP contribution is 1.87. The van der Waals surface area contributed by atoms with E-state index >= 15 is 0 Å². The van der Waals surface area contributed by atoms with Gasteiger partial charge in [-0.2, -0.15) is 0 Å². The molecular formula is C4H5N3O. The number of rotatable bonds is 0. The van der Waals surface area contributed by atoms with Crippen LogP contribution in [0.15, 0.2) is 9.98 Å². The van der Waals surface area contributed by atoms with Crippen molar-refractivity contribution in [2.24, 2.45) is 15.7 Å². The molecule has 0 aromatic carbocycles. The molecular weight excluding hydrogens is 106 g/mol. The Balaban J connectivity index is 2.74. The third kappa shape index (κ3) is 0.788. The van der Waals surface area contributed by atoms with Gasteiger partial charge in [-0.05, 0) is 0 Å². The van der Waals surface area contributed by atoms with E-state index < -0.39 is 6.17 Å². The molecule has 4 heteroatoms. The second kappa shape index (κ2) is 1.83. The van der Waals surface area contributed by atoms with Crippen LogP contribution in [0.5, 0.6) is 0 Å². The van der Waals surface area contributed by atoms with E-state index in [1.165, 1.54) is 12.4 Å². The maximum Gasteiger partial charge on any atom is 0.284 e. The number of nitrogens with zero attached hydrogens (tertiary/aromatic N) is 2. The number of carbonyl (C=O) groups excluding carboxylic acids is 1. The van der Waals surface area contributed by atoms with Crippen LogP contribution in [0.25, 0.3) is 0 Å². The lowest BCUT2D eigenvalue weighted by Crippen LogP contribution is -2.29. The van der Waals surface area contributed by atoms with Crippen LogP contribution in [-0.4, -0.2) is 24.5 Å². The monoisotopic (exact) mass is 111 g/mol. The average molecular weight is 111 g/mol. The van der Waals surface area contributed by atoms with Crippen molar-refractivity contribution in [2.45, 2.75) is 6.17 Å². The van der Waals surface area contributed by atoms with Gasteiger partial charge in [0.15, 0.2) is 6.17 Å². The summed E-state index contributed by atoms with van der Waals surface area (Å²) < 4.78 is 0. The zero-order chi connectivity index (χ0) is 5.98. The van der Waals surface area contributed by atoms with E-state index in [1.54, 1.807) is 0 Å². The van der Waals surface area contributed by atoms with Crippen LogP contribution in [0.3, 0.4) is 0 Å². The second-order valence-electron chi connectivity index (χ2n) is 1.36. The van der Waals surface area contributed by atoms with Crippen LogP contribution < -0.4 is 5.73 Å². The lowest BCUT2D eigenvalue weighted by atomic mass is 10.4. The maximum absolute atomic E-state index is 10.4. The molecule has 42 valence electrons. The van der Waals surface area contributed by atoms with Crippen LogP contribution in [-0.2, 0) is 4.79 Å². The lowest BCUT2D eigenvalue weighted by molar-refractivity contribution is -0.118. The van der Waals surface area contributed by atoms with E-state index in [0.29, 0.717) is 0 Å². The van der Waals surface area contributed by atoms with Crippen molar-refractivity contribution in [3.63, 3.8) is 0 Å². The van der Waals surface area contributed by atoms with Crippen molar-refractivity contribution in [3.05, 3.63) is 0 Å². The minimum Gasteiger partial charge on any atom is -0.302 e. The molecule has 0 aliphatic carbocycles. The highest BCUT2D eigenvalue weighted by molar-refractivity contribution is 6.21. The Morgan fingerprint density at radius 1 is 1.62 bits per heavy atom. The maximum atomic E-state index is 10.4. The quantitative estimate of drug-likeness (QED) is 0.433. The van der Waals surface area contributed by atoms with Crippen LogP contribution in [0.4, 0.5) is 0 Å². The predicted octanol–water partition coefficient (Wildman–Crippen LogP) is -1.05. The molecule has 0 aromatic rings. The van der Waals surface area contributed by atoms with Gasteiger partial charge in [0.05, 0.1) is 0 Å². The summed E-state index contributed by atoms with van der Waals surface area (Å²) in [5, 5.41) is 0. The van der Waals surface area contributed by atoms with Crippen LogP contribution in [0.2, 0.25) is 0 Å². The summed E-state index contributed by atoms with van der Waals surface area (Å²) in [5.74, 6) is -0.382. The van der Waals surface area contributed by atoms with E-state index in [9.17, 15) is 4.79 Å². The van der Waals surface area contributed by atoms with E-state index in [2.05, 4.69) is 9.98 Å². The van der Waals surface area contributed by atoms with Crippen molar-refractivity contribution in [3.8, 4) is 0 Å². The molecule has 4 nitrogen and oxygen atoms in total. The summed E-state index contributed by atoms with van der Waals surface area (Å²) in [4.78, 5) is 17.3. The van der Waals surface area contributed by atoms with Gasteiger partial charge in [-0.3, -0.25) is 9.79 Å². The summed E-state index contributed by atoms with van der Waals surface area (Å²) in [6, 6.07) is 0. The van der Waals surface area contributed by atoms with Crippen LogP contribution in [0, 0.1) is 0 Å². The second-order valence-corrected chi connectivity index (χ2v) is 1.36. The van der Waals surface area contributed by atoms with Gasteiger partial charge in [0.1, 0.15) is 0 Å². The molecule has 8 heavy (non-hydrogen) atoms. The van der Waals surface area contributed by atoms with Gasteiger partial charge < -0.3 is 5.73 Å².